The molecular formula is C16H14N4O2S. The zero-order valence-electron chi connectivity index (χ0n) is 12.9. The summed E-state index contributed by atoms with van der Waals surface area (Å²) < 4.78 is 4.26. The molecule has 0 radical (unpaired) electrons. The first-order valence-electron chi connectivity index (χ1n) is 6.99. The normalized spacial score (nSPS) is 11.4. The Labute approximate surface area is 136 Å². The average Bonchev–Trinajstić information content (AvgIpc) is 2.88. The van der Waals surface area contributed by atoms with Gasteiger partial charge in [0.25, 0.3) is 5.69 Å². The lowest BCUT2D eigenvalue weighted by Gasteiger charge is -2.04. The number of nitrogens with zero attached hydrogens (tertiary/aromatic N) is 4. The number of azo groups is 1. The molecule has 1 heterocycles. The van der Waals surface area contributed by atoms with Crippen LogP contribution in [0.3, 0.4) is 0 Å². The van der Waals surface area contributed by atoms with Crippen LogP contribution in [0.1, 0.15) is 16.7 Å². The molecule has 23 heavy (non-hydrogen) atoms. The Bertz CT molecular complexity index is 923. The van der Waals surface area contributed by atoms with Crippen LogP contribution in [0, 0.1) is 30.9 Å². The second-order valence-corrected chi connectivity index (χ2v) is 6.15. The first-order chi connectivity index (χ1) is 11.0. The molecule has 7 heteroatoms. The van der Waals surface area contributed by atoms with Gasteiger partial charge in [-0.25, -0.2) is 0 Å². The maximum atomic E-state index is 10.9. The van der Waals surface area contributed by atoms with E-state index in [1.165, 1.54) is 29.2 Å². The third-order valence-corrected chi connectivity index (χ3v) is 4.29. The summed E-state index contributed by atoms with van der Waals surface area (Å²) in [5.41, 5.74) is 4.81. The van der Waals surface area contributed by atoms with Crippen molar-refractivity contribution in [3.05, 3.63) is 57.1 Å². The van der Waals surface area contributed by atoms with E-state index < -0.39 is 4.92 Å². The smallest absolute Gasteiger partial charge is 0.258 e. The number of hydrogen-bond donors (Lipinski definition) is 0. The Morgan fingerprint density at radius 2 is 1.78 bits per heavy atom. The van der Waals surface area contributed by atoms with Gasteiger partial charge >= 0.3 is 0 Å². The Morgan fingerprint density at radius 1 is 1.09 bits per heavy atom. The third kappa shape index (κ3) is 2.95. The van der Waals surface area contributed by atoms with Gasteiger partial charge in [0.2, 0.25) is 0 Å². The number of hydrogen-bond acceptors (Lipinski definition) is 6. The van der Waals surface area contributed by atoms with Crippen molar-refractivity contribution in [1.82, 2.24) is 4.37 Å². The molecule has 2 aromatic carbocycles. The lowest BCUT2D eigenvalue weighted by molar-refractivity contribution is -0.384. The number of benzene rings is 2. The van der Waals surface area contributed by atoms with Crippen molar-refractivity contribution in [1.29, 1.82) is 0 Å². The van der Waals surface area contributed by atoms with Crippen LogP contribution in [-0.4, -0.2) is 9.30 Å². The average molecular weight is 326 g/mol. The zero-order valence-corrected chi connectivity index (χ0v) is 13.7. The van der Waals surface area contributed by atoms with Gasteiger partial charge < -0.3 is 0 Å². The lowest BCUT2D eigenvalue weighted by Crippen LogP contribution is -1.86. The highest BCUT2D eigenvalue weighted by Crippen LogP contribution is 2.35. The van der Waals surface area contributed by atoms with Gasteiger partial charge in [-0.3, -0.25) is 10.1 Å². The number of non-ortho nitro benzene ring substituents is 1. The van der Waals surface area contributed by atoms with E-state index in [0.717, 1.165) is 16.8 Å². The number of nitro benzene ring substituents is 1. The molecule has 0 saturated heterocycles. The van der Waals surface area contributed by atoms with Gasteiger partial charge in [0.05, 0.1) is 16.1 Å². The van der Waals surface area contributed by atoms with E-state index in [1.54, 1.807) is 6.07 Å². The minimum absolute atomic E-state index is 0.0249. The molecule has 3 rings (SSSR count). The summed E-state index contributed by atoms with van der Waals surface area (Å²) in [6.07, 6.45) is 0. The predicted molar refractivity (Wildman–Crippen MR) is 91.1 cm³/mol. The summed E-state index contributed by atoms with van der Waals surface area (Å²) in [6.45, 7) is 6.02. The highest BCUT2D eigenvalue weighted by atomic mass is 32.1. The number of fused-ring (bicyclic) bond motifs is 1. The molecule has 0 saturated carbocycles. The first kappa shape index (κ1) is 15.2. The number of rotatable bonds is 3. The molecule has 116 valence electrons. The van der Waals surface area contributed by atoms with Crippen LogP contribution in [0.15, 0.2) is 40.6 Å². The van der Waals surface area contributed by atoms with E-state index in [9.17, 15) is 10.1 Å². The van der Waals surface area contributed by atoms with Crippen molar-refractivity contribution >= 4 is 38.8 Å². The molecule has 0 unspecified atom stereocenters. The van der Waals surface area contributed by atoms with Crippen molar-refractivity contribution in [2.24, 2.45) is 10.2 Å². The second kappa shape index (κ2) is 5.85. The second-order valence-electron chi connectivity index (χ2n) is 5.39. The summed E-state index contributed by atoms with van der Waals surface area (Å²) in [4.78, 5) is 10.5. The van der Waals surface area contributed by atoms with E-state index in [0.29, 0.717) is 15.9 Å². The molecule has 0 aliphatic rings. The summed E-state index contributed by atoms with van der Waals surface area (Å²) in [5, 5.41) is 20.7. The largest absolute Gasteiger partial charge is 0.270 e. The molecule has 0 bridgehead atoms. The third-order valence-electron chi connectivity index (χ3n) is 3.53. The van der Waals surface area contributed by atoms with E-state index in [4.69, 9.17) is 0 Å². The fourth-order valence-electron chi connectivity index (χ4n) is 2.53. The van der Waals surface area contributed by atoms with Crippen molar-refractivity contribution in [3.8, 4) is 0 Å². The number of nitro groups is 1. The van der Waals surface area contributed by atoms with Crippen LogP contribution >= 0.6 is 11.5 Å². The molecular weight excluding hydrogens is 312 g/mol. The lowest BCUT2D eigenvalue weighted by atomic mass is 10.1. The van der Waals surface area contributed by atoms with E-state index in [1.807, 2.05) is 20.8 Å². The SMILES string of the molecule is Cc1cc(C)c(N=Nc2snc3ccc([N+](=O)[O-])cc23)c(C)c1. The molecule has 0 N–H and O–H groups in total. The standard InChI is InChI=1S/C16H14N4O2S/c1-9-6-10(2)15(11(3)7-9)17-18-16-13-8-12(20(21)22)4-5-14(13)19-23-16/h4-8H,1-3H3. The van der Waals surface area contributed by atoms with Gasteiger partial charge in [-0.05, 0) is 49.5 Å². The minimum atomic E-state index is -0.424. The quantitative estimate of drug-likeness (QED) is 0.360. The van der Waals surface area contributed by atoms with Crippen molar-refractivity contribution < 1.29 is 4.92 Å². The Morgan fingerprint density at radius 3 is 2.43 bits per heavy atom. The monoisotopic (exact) mass is 326 g/mol. The van der Waals surface area contributed by atoms with E-state index in [2.05, 4.69) is 26.7 Å². The summed E-state index contributed by atoms with van der Waals surface area (Å²) in [6, 6.07) is 8.67. The minimum Gasteiger partial charge on any atom is -0.258 e. The van der Waals surface area contributed by atoms with Gasteiger partial charge in [0, 0.05) is 17.5 Å². The molecule has 0 aliphatic heterocycles. The highest BCUT2D eigenvalue weighted by molar-refractivity contribution is 7.11. The fraction of sp³-hybridized carbons (Fsp3) is 0.188. The predicted octanol–water partition coefficient (Wildman–Crippen LogP) is 5.55. The molecule has 3 aromatic rings. The van der Waals surface area contributed by atoms with Gasteiger partial charge in [-0.2, -0.15) is 4.37 Å². The number of aryl methyl sites for hydroxylation is 3. The summed E-state index contributed by atoms with van der Waals surface area (Å²) in [7, 11) is 0. The van der Waals surface area contributed by atoms with Crippen LogP contribution in [0.4, 0.5) is 16.4 Å². The van der Waals surface area contributed by atoms with Gasteiger partial charge in [-0.1, -0.05) is 17.7 Å². The van der Waals surface area contributed by atoms with E-state index >= 15 is 0 Å². The van der Waals surface area contributed by atoms with E-state index in [-0.39, 0.29) is 5.69 Å². The Balaban J connectivity index is 2.05. The van der Waals surface area contributed by atoms with Crippen molar-refractivity contribution in [3.63, 3.8) is 0 Å². The maximum absolute atomic E-state index is 10.9. The zero-order chi connectivity index (χ0) is 16.6. The van der Waals surface area contributed by atoms with Crippen molar-refractivity contribution in [2.45, 2.75) is 20.8 Å². The molecule has 0 spiro atoms. The van der Waals surface area contributed by atoms with Gasteiger partial charge in [0.1, 0.15) is 0 Å². The van der Waals surface area contributed by atoms with Gasteiger partial charge in [-0.15, -0.1) is 10.2 Å². The maximum Gasteiger partial charge on any atom is 0.270 e. The summed E-state index contributed by atoms with van der Waals surface area (Å²) in [5.74, 6) is 0. The van der Waals surface area contributed by atoms with Crippen LogP contribution in [0.25, 0.3) is 10.9 Å². The van der Waals surface area contributed by atoms with Crippen molar-refractivity contribution in [2.75, 3.05) is 0 Å². The fourth-order valence-corrected chi connectivity index (χ4v) is 3.21. The molecule has 0 amide bonds. The molecule has 1 aromatic heterocycles. The Hall–Kier alpha value is -2.67. The van der Waals surface area contributed by atoms with Gasteiger partial charge in [0.15, 0.2) is 5.00 Å². The summed E-state index contributed by atoms with van der Waals surface area (Å²) >= 11 is 1.18. The molecule has 0 fully saturated rings. The first-order valence-corrected chi connectivity index (χ1v) is 7.76. The van der Waals surface area contributed by atoms with Crippen LogP contribution in [-0.2, 0) is 0 Å². The Kier molecular flexibility index (Phi) is 3.87. The topological polar surface area (TPSA) is 80.8 Å². The molecule has 6 nitrogen and oxygen atoms in total. The highest BCUT2D eigenvalue weighted by Gasteiger charge is 2.12. The molecule has 0 aliphatic carbocycles. The molecule has 0 atom stereocenters. The van der Waals surface area contributed by atoms with Crippen LogP contribution in [0.5, 0.6) is 0 Å². The van der Waals surface area contributed by atoms with Crippen LogP contribution in [0.2, 0.25) is 0 Å². The van der Waals surface area contributed by atoms with Crippen LogP contribution < -0.4 is 0 Å². The number of aromatic nitrogens is 1.